The van der Waals surface area contributed by atoms with Crippen LogP contribution < -0.4 is 10.5 Å². The van der Waals surface area contributed by atoms with Gasteiger partial charge in [0.25, 0.3) is 0 Å². The molecule has 1 atom stereocenters. The molecule has 0 aliphatic heterocycles. The molecular weight excluding hydrogens is 366 g/mol. The lowest BCUT2D eigenvalue weighted by Crippen LogP contribution is -2.37. The normalized spacial score (nSPS) is 17.0. The Morgan fingerprint density at radius 2 is 1.69 bits per heavy atom. The maximum atomic E-state index is 11.9. The number of esters is 1. The van der Waals surface area contributed by atoms with Gasteiger partial charge in [0.2, 0.25) is 0 Å². The minimum absolute atomic E-state index is 0.00787. The fourth-order valence-corrected chi connectivity index (χ4v) is 3.86. The first kappa shape index (κ1) is 23.7. The Morgan fingerprint density at radius 3 is 2.24 bits per heavy atom. The third-order valence-electron chi connectivity index (χ3n) is 5.49. The van der Waals surface area contributed by atoms with Gasteiger partial charge in [-0.15, -0.1) is 0 Å². The fourth-order valence-electron chi connectivity index (χ4n) is 3.86. The number of carbonyl (C=O) groups excluding carboxylic acids is 1. The maximum absolute atomic E-state index is 11.9. The van der Waals surface area contributed by atoms with Crippen molar-refractivity contribution in [2.24, 2.45) is 11.1 Å². The summed E-state index contributed by atoms with van der Waals surface area (Å²) in [6.07, 6.45) is 6.87. The van der Waals surface area contributed by atoms with Gasteiger partial charge in [0.05, 0.1) is 6.10 Å². The van der Waals surface area contributed by atoms with Crippen LogP contribution >= 0.6 is 0 Å². The Bertz CT molecular complexity index is 622. The van der Waals surface area contributed by atoms with Gasteiger partial charge in [0.15, 0.2) is 13.4 Å². The van der Waals surface area contributed by atoms with Crippen molar-refractivity contribution in [1.82, 2.24) is 0 Å². The number of hydrogen-bond donors (Lipinski definition) is 1. The summed E-state index contributed by atoms with van der Waals surface area (Å²) in [6.45, 7) is 10.7. The minimum Gasteiger partial charge on any atom is -0.482 e. The van der Waals surface area contributed by atoms with Crippen LogP contribution in [0.5, 0.6) is 5.75 Å². The highest BCUT2D eigenvalue weighted by Gasteiger charge is 2.30. The topological polar surface area (TPSA) is 70.8 Å². The summed E-state index contributed by atoms with van der Waals surface area (Å²) in [5, 5.41) is 0. The molecule has 2 rings (SSSR count). The molecule has 1 fully saturated rings. The Kier molecular flexibility index (Phi) is 8.53. The zero-order valence-electron chi connectivity index (χ0n) is 18.8. The highest BCUT2D eigenvalue weighted by atomic mass is 16.7. The molecule has 0 spiro atoms. The van der Waals surface area contributed by atoms with E-state index >= 15 is 0 Å². The van der Waals surface area contributed by atoms with Crippen molar-refractivity contribution in [3.63, 3.8) is 0 Å². The quantitative estimate of drug-likeness (QED) is 0.453. The molecule has 1 aliphatic rings. The van der Waals surface area contributed by atoms with E-state index < -0.39 is 5.97 Å². The van der Waals surface area contributed by atoms with Gasteiger partial charge in [-0.1, -0.05) is 52.2 Å². The van der Waals surface area contributed by atoms with E-state index in [0.29, 0.717) is 11.7 Å². The summed E-state index contributed by atoms with van der Waals surface area (Å²) in [4.78, 5) is 11.9. The highest BCUT2D eigenvalue weighted by molar-refractivity contribution is 5.71. The van der Waals surface area contributed by atoms with Gasteiger partial charge in [-0.05, 0) is 62.1 Å². The molecule has 0 radical (unpaired) electrons. The molecular formula is C24H39NO4. The van der Waals surface area contributed by atoms with Crippen LogP contribution in [0.25, 0.3) is 0 Å². The zero-order valence-corrected chi connectivity index (χ0v) is 18.8. The van der Waals surface area contributed by atoms with E-state index in [9.17, 15) is 4.79 Å². The molecule has 29 heavy (non-hydrogen) atoms. The molecule has 0 saturated heterocycles. The Balaban J connectivity index is 1.80. The molecule has 1 unspecified atom stereocenters. The lowest BCUT2D eigenvalue weighted by Gasteiger charge is -2.36. The molecule has 5 nitrogen and oxygen atoms in total. The lowest BCUT2D eigenvalue weighted by molar-refractivity contribution is -0.164. The van der Waals surface area contributed by atoms with E-state index in [1.54, 1.807) is 0 Å². The molecule has 164 valence electrons. The largest absolute Gasteiger partial charge is 0.482 e. The summed E-state index contributed by atoms with van der Waals surface area (Å²) < 4.78 is 16.3. The van der Waals surface area contributed by atoms with Crippen molar-refractivity contribution in [3.05, 3.63) is 29.8 Å². The van der Waals surface area contributed by atoms with Crippen molar-refractivity contribution in [1.29, 1.82) is 0 Å². The number of ether oxygens (including phenoxy) is 3. The SMILES string of the molecule is CC(C)(N)CC(c1ccc(OCC(=O)OCOC2CCCCC2)cc1)C(C)(C)C. The molecule has 1 aromatic rings. The first-order valence-corrected chi connectivity index (χ1v) is 10.8. The van der Waals surface area contributed by atoms with Gasteiger partial charge >= 0.3 is 5.97 Å². The molecule has 5 heteroatoms. The van der Waals surface area contributed by atoms with Gasteiger partial charge in [-0.25, -0.2) is 4.79 Å². The Labute approximate surface area is 176 Å². The van der Waals surface area contributed by atoms with E-state index in [1.807, 2.05) is 12.1 Å². The molecule has 0 heterocycles. The summed E-state index contributed by atoms with van der Waals surface area (Å²) in [5.74, 6) is 0.569. The van der Waals surface area contributed by atoms with Gasteiger partial charge in [-0.3, -0.25) is 0 Å². The molecule has 0 amide bonds. The Hall–Kier alpha value is -1.59. The molecule has 1 aliphatic carbocycles. The second-order valence-electron chi connectivity index (χ2n) is 10.0. The molecule has 1 aromatic carbocycles. The van der Waals surface area contributed by atoms with E-state index in [2.05, 4.69) is 46.8 Å². The number of hydrogen-bond acceptors (Lipinski definition) is 5. The first-order valence-electron chi connectivity index (χ1n) is 10.8. The number of nitrogens with two attached hydrogens (primary N) is 1. The van der Waals surface area contributed by atoms with Crippen LogP contribution in [-0.2, 0) is 14.3 Å². The first-order chi connectivity index (χ1) is 13.5. The van der Waals surface area contributed by atoms with Crippen molar-refractivity contribution < 1.29 is 19.0 Å². The highest BCUT2D eigenvalue weighted by Crippen LogP contribution is 2.40. The standard InChI is InChI=1S/C24H39NO4/c1-23(2,3)21(15-24(4,5)25)18-11-13-20(14-12-18)27-16-22(26)29-17-28-19-9-7-6-8-10-19/h11-14,19,21H,6-10,15-17,25H2,1-5H3. The van der Waals surface area contributed by atoms with E-state index in [1.165, 1.54) is 24.8 Å². The number of benzene rings is 1. The third-order valence-corrected chi connectivity index (χ3v) is 5.49. The third kappa shape index (κ3) is 8.75. The summed E-state index contributed by atoms with van der Waals surface area (Å²) in [7, 11) is 0. The second kappa shape index (κ2) is 10.4. The van der Waals surface area contributed by atoms with Gasteiger partial charge in [0, 0.05) is 5.54 Å². The summed E-state index contributed by atoms with van der Waals surface area (Å²) in [6, 6.07) is 7.94. The molecule has 1 saturated carbocycles. The van der Waals surface area contributed by atoms with E-state index in [4.69, 9.17) is 19.9 Å². The Morgan fingerprint density at radius 1 is 1.07 bits per heavy atom. The average molecular weight is 406 g/mol. The average Bonchev–Trinajstić information content (AvgIpc) is 2.64. The number of rotatable bonds is 9. The van der Waals surface area contributed by atoms with Crippen molar-refractivity contribution in [2.75, 3.05) is 13.4 Å². The van der Waals surface area contributed by atoms with Crippen LogP contribution in [0.15, 0.2) is 24.3 Å². The summed E-state index contributed by atoms with van der Waals surface area (Å²) in [5.41, 5.74) is 7.37. The van der Waals surface area contributed by atoms with Crippen molar-refractivity contribution in [3.8, 4) is 5.75 Å². The predicted octanol–water partition coefficient (Wildman–Crippen LogP) is 5.17. The zero-order chi connectivity index (χ0) is 21.5. The molecule has 0 aromatic heterocycles. The van der Waals surface area contributed by atoms with Gasteiger partial charge < -0.3 is 19.9 Å². The fraction of sp³-hybridized carbons (Fsp3) is 0.708. The molecule has 0 bridgehead atoms. The monoisotopic (exact) mass is 405 g/mol. The summed E-state index contributed by atoms with van der Waals surface area (Å²) >= 11 is 0. The second-order valence-corrected chi connectivity index (χ2v) is 10.0. The number of carbonyl (C=O) groups is 1. The minimum atomic E-state index is -0.415. The predicted molar refractivity (Wildman–Crippen MR) is 116 cm³/mol. The van der Waals surface area contributed by atoms with E-state index in [0.717, 1.165) is 19.3 Å². The van der Waals surface area contributed by atoms with Crippen LogP contribution in [0.1, 0.15) is 84.6 Å². The van der Waals surface area contributed by atoms with Crippen LogP contribution in [0.4, 0.5) is 0 Å². The molecule has 2 N–H and O–H groups in total. The van der Waals surface area contributed by atoms with Crippen molar-refractivity contribution in [2.45, 2.75) is 90.7 Å². The van der Waals surface area contributed by atoms with Gasteiger partial charge in [0.1, 0.15) is 5.75 Å². The van der Waals surface area contributed by atoms with E-state index in [-0.39, 0.29) is 30.5 Å². The maximum Gasteiger partial charge on any atom is 0.346 e. The van der Waals surface area contributed by atoms with Crippen LogP contribution in [0.3, 0.4) is 0 Å². The van der Waals surface area contributed by atoms with Crippen LogP contribution in [0, 0.1) is 5.41 Å². The van der Waals surface area contributed by atoms with Crippen LogP contribution in [0.2, 0.25) is 0 Å². The lowest BCUT2D eigenvalue weighted by atomic mass is 9.71. The van der Waals surface area contributed by atoms with Crippen LogP contribution in [-0.4, -0.2) is 31.0 Å². The van der Waals surface area contributed by atoms with Crippen molar-refractivity contribution >= 4 is 5.97 Å². The smallest absolute Gasteiger partial charge is 0.346 e. The van der Waals surface area contributed by atoms with Gasteiger partial charge in [-0.2, -0.15) is 0 Å².